The van der Waals surface area contributed by atoms with E-state index in [-0.39, 0.29) is 21.7 Å². The van der Waals surface area contributed by atoms with Crippen LogP contribution in [0.2, 0.25) is 0 Å². The smallest absolute Gasteiger partial charge is 0 e. The van der Waals surface area contributed by atoms with Gasteiger partial charge in [-0.1, -0.05) is 18.2 Å². The summed E-state index contributed by atoms with van der Waals surface area (Å²) in [5.74, 6) is 0. The van der Waals surface area contributed by atoms with Crippen molar-refractivity contribution in [1.29, 1.82) is 0 Å². The van der Waals surface area contributed by atoms with Crippen molar-refractivity contribution in [1.82, 2.24) is 0 Å². The minimum Gasteiger partial charge on any atom is -0.0936 e. The maximum absolute atomic E-state index is 4.76. The van der Waals surface area contributed by atoms with Crippen LogP contribution in [0.3, 0.4) is 0 Å². The predicted molar refractivity (Wildman–Crippen MR) is 16.1 cm³/mol. The minimum absolute atomic E-state index is 0. The molecule has 0 aromatic rings. The molecule has 0 radical (unpaired) electrons. The minimum atomic E-state index is 0. The van der Waals surface area contributed by atoms with Gasteiger partial charge in [0.15, 0.2) is 0 Å². The monoisotopic (exact) mass is 110 g/mol. The van der Waals surface area contributed by atoms with Gasteiger partial charge in [0.25, 0.3) is 0 Å². The molecule has 0 aliphatic rings. The maximum Gasteiger partial charge on any atom is 0 e. The van der Waals surface area contributed by atoms with Crippen LogP contribution in [0, 0.1) is 0 Å². The Morgan fingerprint density at radius 2 is 1.75 bits per heavy atom. The molecule has 0 aromatic heterocycles. The van der Waals surface area contributed by atoms with Crippen molar-refractivity contribution in [2.75, 3.05) is 0 Å². The van der Waals surface area contributed by atoms with Gasteiger partial charge in [-0.05, 0) is 5.54 Å². The van der Waals surface area contributed by atoms with E-state index in [2.05, 4.69) is 6.58 Å². The normalized spacial score (nSPS) is 3.25. The molecule has 4 heavy (non-hydrogen) atoms. The number of hydrogen-bond donors (Lipinski definition) is 0. The van der Waals surface area contributed by atoms with E-state index in [1.54, 1.807) is 0 Å². The zero-order chi connectivity index (χ0) is 2.71. The van der Waals surface area contributed by atoms with Gasteiger partial charge in [-0.2, -0.15) is 0 Å². The zero-order valence-corrected chi connectivity index (χ0v) is 4.48. The van der Waals surface area contributed by atoms with Gasteiger partial charge in [-0.15, -0.1) is 0 Å². The Bertz CT molecular complexity index is 13.5. The van der Waals surface area contributed by atoms with E-state index >= 15 is 0 Å². The van der Waals surface area contributed by atoms with Crippen molar-refractivity contribution in [3.63, 3.8) is 0 Å². The van der Waals surface area contributed by atoms with Gasteiger partial charge in [0.2, 0.25) is 0 Å². The zero-order valence-electron chi connectivity index (χ0n) is 2.16. The Labute approximate surface area is 45.7 Å². The summed E-state index contributed by atoms with van der Waals surface area (Å²) >= 11 is 4.76. The second-order valence-corrected chi connectivity index (χ2v) is 0.463. The van der Waals surface area contributed by atoms with Gasteiger partial charge >= 0.3 is 0 Å². The SMILES string of the molecule is C=CCl.[Ti]. The standard InChI is InChI=1S/C2H3Cl.Ti/c1-2-3;/h2H,1H2;. The molecule has 0 saturated carbocycles. The van der Waals surface area contributed by atoms with E-state index < -0.39 is 0 Å². The maximum atomic E-state index is 4.76. The fraction of sp³-hybridized carbons (Fsp3) is 0. The molecule has 0 spiro atoms. The number of hydrogen-bond acceptors (Lipinski definition) is 0. The van der Waals surface area contributed by atoms with Crippen molar-refractivity contribution < 1.29 is 21.7 Å². The van der Waals surface area contributed by atoms with Crippen LogP contribution in [0.4, 0.5) is 0 Å². The van der Waals surface area contributed by atoms with Gasteiger partial charge in [-0.3, -0.25) is 0 Å². The molecule has 0 saturated heterocycles. The van der Waals surface area contributed by atoms with E-state index in [4.69, 9.17) is 11.6 Å². The van der Waals surface area contributed by atoms with Crippen molar-refractivity contribution >= 4 is 11.6 Å². The molecular formula is C2H3ClTi. The Kier molecular flexibility index (Phi) is 20.5. The first-order chi connectivity index (χ1) is 1.41. The topological polar surface area (TPSA) is 0 Å². The van der Waals surface area contributed by atoms with Gasteiger partial charge in [0, 0.05) is 21.7 Å². The molecular weight excluding hydrogens is 107 g/mol. The fourth-order valence-corrected chi connectivity index (χ4v) is 0. The van der Waals surface area contributed by atoms with Crippen LogP contribution < -0.4 is 0 Å². The summed E-state index contributed by atoms with van der Waals surface area (Å²) < 4.78 is 0. The summed E-state index contributed by atoms with van der Waals surface area (Å²) in [6.07, 6.45) is 0. The third-order valence-electron chi connectivity index (χ3n) is 0. The summed E-state index contributed by atoms with van der Waals surface area (Å²) in [5, 5.41) is 0. The molecule has 22 valence electrons. The molecule has 0 rings (SSSR count). The molecule has 0 aliphatic heterocycles. The van der Waals surface area contributed by atoms with Crippen LogP contribution >= 0.6 is 11.6 Å². The fourth-order valence-electron chi connectivity index (χ4n) is 0. The molecule has 0 nitrogen and oxygen atoms in total. The molecule has 0 amide bonds. The Hall–Kier alpha value is 0.744. The average Bonchev–Trinajstić information content (AvgIpc) is 0.918. The van der Waals surface area contributed by atoms with E-state index in [1.807, 2.05) is 0 Å². The molecule has 0 fully saturated rings. The van der Waals surface area contributed by atoms with E-state index in [1.165, 1.54) is 5.54 Å². The van der Waals surface area contributed by atoms with Crippen LogP contribution in [0.1, 0.15) is 0 Å². The molecule has 0 aliphatic carbocycles. The molecule has 0 atom stereocenters. The second kappa shape index (κ2) is 9.27. The van der Waals surface area contributed by atoms with Crippen LogP contribution in [0.25, 0.3) is 0 Å². The summed E-state index contributed by atoms with van der Waals surface area (Å²) in [7, 11) is 0. The molecule has 0 N–H and O–H groups in total. The predicted octanol–water partition coefficient (Wildman–Crippen LogP) is 1.37. The molecule has 0 aromatic carbocycles. The average molecular weight is 110 g/mol. The van der Waals surface area contributed by atoms with Crippen LogP contribution in [0.5, 0.6) is 0 Å². The second-order valence-electron chi connectivity index (χ2n) is 0.154. The summed E-state index contributed by atoms with van der Waals surface area (Å²) in [6, 6.07) is 0. The van der Waals surface area contributed by atoms with Gasteiger partial charge in [-0.25, -0.2) is 0 Å². The summed E-state index contributed by atoms with van der Waals surface area (Å²) in [4.78, 5) is 0. The Balaban J connectivity index is 0. The third-order valence-corrected chi connectivity index (χ3v) is 0. The van der Waals surface area contributed by atoms with Gasteiger partial charge in [0.05, 0.1) is 0 Å². The van der Waals surface area contributed by atoms with E-state index in [0.717, 1.165) is 0 Å². The molecule has 0 bridgehead atoms. The van der Waals surface area contributed by atoms with Crippen LogP contribution in [-0.4, -0.2) is 0 Å². The van der Waals surface area contributed by atoms with Crippen LogP contribution in [-0.2, 0) is 21.7 Å². The molecule has 0 heterocycles. The van der Waals surface area contributed by atoms with Crippen molar-refractivity contribution in [2.45, 2.75) is 0 Å². The first-order valence-electron chi connectivity index (χ1n) is 0.626. The summed E-state index contributed by atoms with van der Waals surface area (Å²) in [5.41, 5.74) is 1.22. The van der Waals surface area contributed by atoms with Crippen molar-refractivity contribution in [3.05, 3.63) is 12.1 Å². The Morgan fingerprint density at radius 3 is 1.75 bits per heavy atom. The van der Waals surface area contributed by atoms with E-state index in [9.17, 15) is 0 Å². The van der Waals surface area contributed by atoms with E-state index in [0.29, 0.717) is 0 Å². The van der Waals surface area contributed by atoms with Crippen molar-refractivity contribution in [2.24, 2.45) is 0 Å². The number of halogens is 1. The molecule has 2 heteroatoms. The largest absolute Gasteiger partial charge is 0.0936 e. The first kappa shape index (κ1) is 8.83. The summed E-state index contributed by atoms with van der Waals surface area (Å²) in [6.45, 7) is 3.13. The quantitative estimate of drug-likeness (QED) is 0.413. The third kappa shape index (κ3) is 15.1. The van der Waals surface area contributed by atoms with Crippen LogP contribution in [0.15, 0.2) is 12.1 Å². The molecule has 0 unspecified atom stereocenters. The van der Waals surface area contributed by atoms with Gasteiger partial charge < -0.3 is 0 Å². The Morgan fingerprint density at radius 1 is 1.75 bits per heavy atom. The number of rotatable bonds is 0. The van der Waals surface area contributed by atoms with Crippen molar-refractivity contribution in [3.8, 4) is 0 Å². The van der Waals surface area contributed by atoms with Gasteiger partial charge in [0.1, 0.15) is 0 Å². The first-order valence-corrected chi connectivity index (χ1v) is 1.06.